The molecule has 0 atom stereocenters. The minimum Gasteiger partial charge on any atom is -0.493 e. The minimum atomic E-state index is -0.232. The van der Waals surface area contributed by atoms with Crippen LogP contribution < -0.4 is 24.3 Å². The van der Waals surface area contributed by atoms with Crippen molar-refractivity contribution in [2.45, 2.75) is 19.8 Å². The van der Waals surface area contributed by atoms with Crippen LogP contribution in [0.4, 0.5) is 0 Å². The summed E-state index contributed by atoms with van der Waals surface area (Å²) in [5.41, 5.74) is 2.55. The van der Waals surface area contributed by atoms with E-state index in [1.807, 2.05) is 30.3 Å². The summed E-state index contributed by atoms with van der Waals surface area (Å²) in [6.45, 7) is 4.73. The Balaban J connectivity index is 1.30. The topological polar surface area (TPSA) is 109 Å². The lowest BCUT2D eigenvalue weighted by atomic mass is 10.0. The Bertz CT molecular complexity index is 1320. The Morgan fingerprint density at radius 2 is 1.72 bits per heavy atom. The third-order valence-electron chi connectivity index (χ3n) is 5.47. The Morgan fingerprint density at radius 3 is 2.44 bits per heavy atom. The van der Waals surface area contributed by atoms with Crippen molar-refractivity contribution >= 4 is 11.6 Å². The van der Waals surface area contributed by atoms with Crippen LogP contribution >= 0.6 is 0 Å². The van der Waals surface area contributed by atoms with Crippen LogP contribution in [0.25, 0.3) is 17.0 Å². The van der Waals surface area contributed by atoms with Gasteiger partial charge in [-0.2, -0.15) is 4.52 Å². The van der Waals surface area contributed by atoms with Gasteiger partial charge in [-0.15, -0.1) is 15.3 Å². The van der Waals surface area contributed by atoms with Crippen LogP contribution in [0.15, 0.2) is 54.6 Å². The van der Waals surface area contributed by atoms with Gasteiger partial charge in [0, 0.05) is 11.6 Å². The van der Waals surface area contributed by atoms with Crippen LogP contribution in [0.1, 0.15) is 25.3 Å². The van der Waals surface area contributed by atoms with Crippen molar-refractivity contribution < 1.29 is 23.7 Å². The number of methoxy groups -OCH3 is 2. The van der Waals surface area contributed by atoms with E-state index in [1.54, 1.807) is 43.0 Å². The maximum atomic E-state index is 12.1. The molecule has 0 spiro atoms. The molecule has 36 heavy (non-hydrogen) atoms. The van der Waals surface area contributed by atoms with Crippen LogP contribution in [-0.4, -0.2) is 59.7 Å². The van der Waals surface area contributed by atoms with Crippen molar-refractivity contribution in [3.63, 3.8) is 0 Å². The fraction of sp³-hybridized carbons (Fsp3) is 0.308. The number of carbonyl (C=O) groups excluding carboxylic acids is 1. The summed E-state index contributed by atoms with van der Waals surface area (Å²) in [5, 5.41) is 15.7. The Morgan fingerprint density at radius 1 is 0.944 bits per heavy atom. The van der Waals surface area contributed by atoms with Crippen LogP contribution in [0.3, 0.4) is 0 Å². The Kier molecular flexibility index (Phi) is 7.84. The van der Waals surface area contributed by atoms with E-state index in [1.165, 1.54) is 5.56 Å². The maximum absolute atomic E-state index is 12.1. The standard InChI is InChI=1S/C26H29N5O5/c1-17(2)18-5-8-20(9-6-18)36-16-24(32)27-13-14-35-25-12-11-23-28-29-26(31(23)30-25)19-7-10-21(33-3)22(15-19)34-4/h5-12,15,17H,13-14,16H2,1-4H3,(H,27,32). The van der Waals surface area contributed by atoms with E-state index in [9.17, 15) is 4.79 Å². The lowest BCUT2D eigenvalue weighted by molar-refractivity contribution is -0.123. The summed E-state index contributed by atoms with van der Waals surface area (Å²) in [6.07, 6.45) is 0. The van der Waals surface area contributed by atoms with Crippen molar-refractivity contribution in [2.75, 3.05) is 34.0 Å². The number of fused-ring (bicyclic) bond motifs is 1. The first-order chi connectivity index (χ1) is 17.5. The summed E-state index contributed by atoms with van der Waals surface area (Å²) in [7, 11) is 3.15. The average Bonchev–Trinajstić information content (AvgIpc) is 3.33. The zero-order valence-electron chi connectivity index (χ0n) is 20.7. The van der Waals surface area contributed by atoms with Gasteiger partial charge < -0.3 is 24.3 Å². The first-order valence-electron chi connectivity index (χ1n) is 11.6. The van der Waals surface area contributed by atoms with Gasteiger partial charge in [0.15, 0.2) is 29.6 Å². The number of carbonyl (C=O) groups is 1. The molecule has 0 radical (unpaired) electrons. The van der Waals surface area contributed by atoms with E-state index in [2.05, 4.69) is 34.5 Å². The number of hydrogen-bond donors (Lipinski definition) is 1. The molecular formula is C26H29N5O5. The highest BCUT2D eigenvalue weighted by Gasteiger charge is 2.14. The van der Waals surface area contributed by atoms with E-state index in [0.29, 0.717) is 47.1 Å². The lowest BCUT2D eigenvalue weighted by Crippen LogP contribution is -2.32. The molecule has 0 fully saturated rings. The van der Waals surface area contributed by atoms with Crippen LogP contribution in [0, 0.1) is 0 Å². The highest BCUT2D eigenvalue weighted by molar-refractivity contribution is 5.77. The summed E-state index contributed by atoms with van der Waals surface area (Å²) in [5.74, 6) is 2.96. The molecule has 0 bridgehead atoms. The van der Waals surface area contributed by atoms with E-state index in [0.717, 1.165) is 5.56 Å². The van der Waals surface area contributed by atoms with Gasteiger partial charge in [0.25, 0.3) is 5.91 Å². The predicted molar refractivity (Wildman–Crippen MR) is 134 cm³/mol. The van der Waals surface area contributed by atoms with Gasteiger partial charge in [-0.3, -0.25) is 4.79 Å². The monoisotopic (exact) mass is 491 g/mol. The van der Waals surface area contributed by atoms with E-state index >= 15 is 0 Å². The Labute approximate surface area is 209 Å². The molecule has 188 valence electrons. The predicted octanol–water partition coefficient (Wildman–Crippen LogP) is 3.51. The molecule has 0 saturated heterocycles. The SMILES string of the molecule is COc1ccc(-c2nnc3ccc(OCCNC(=O)COc4ccc(C(C)C)cc4)nn23)cc1OC. The van der Waals surface area contributed by atoms with E-state index < -0.39 is 0 Å². The van der Waals surface area contributed by atoms with Crippen LogP contribution in [0.5, 0.6) is 23.1 Å². The molecule has 10 heteroatoms. The molecule has 2 aromatic heterocycles. The van der Waals surface area contributed by atoms with Gasteiger partial charge in [-0.05, 0) is 47.9 Å². The van der Waals surface area contributed by atoms with Crippen molar-refractivity contribution in [3.8, 4) is 34.5 Å². The van der Waals surface area contributed by atoms with Gasteiger partial charge in [-0.1, -0.05) is 26.0 Å². The van der Waals surface area contributed by atoms with E-state index in [-0.39, 0.29) is 19.1 Å². The molecule has 0 aliphatic carbocycles. The first-order valence-corrected chi connectivity index (χ1v) is 11.6. The summed E-state index contributed by atoms with van der Waals surface area (Å²) in [4.78, 5) is 12.1. The highest BCUT2D eigenvalue weighted by atomic mass is 16.5. The number of nitrogens with one attached hydrogen (secondary N) is 1. The maximum Gasteiger partial charge on any atom is 0.258 e. The zero-order chi connectivity index (χ0) is 25.5. The fourth-order valence-electron chi connectivity index (χ4n) is 3.50. The molecule has 0 unspecified atom stereocenters. The largest absolute Gasteiger partial charge is 0.493 e. The van der Waals surface area contributed by atoms with Gasteiger partial charge in [-0.25, -0.2) is 0 Å². The number of aromatic nitrogens is 4. The van der Waals surface area contributed by atoms with Crippen molar-refractivity contribution in [3.05, 3.63) is 60.2 Å². The first kappa shape index (κ1) is 24.8. The molecule has 10 nitrogen and oxygen atoms in total. The van der Waals surface area contributed by atoms with Crippen LogP contribution in [-0.2, 0) is 4.79 Å². The molecule has 4 aromatic rings. The molecule has 1 amide bonds. The van der Waals surface area contributed by atoms with Gasteiger partial charge >= 0.3 is 0 Å². The molecule has 0 saturated carbocycles. The summed E-state index contributed by atoms with van der Waals surface area (Å²) >= 11 is 0. The van der Waals surface area contributed by atoms with Crippen LogP contribution in [0.2, 0.25) is 0 Å². The van der Waals surface area contributed by atoms with Gasteiger partial charge in [0.05, 0.1) is 20.8 Å². The Hall–Kier alpha value is -4.34. The molecule has 0 aliphatic rings. The number of rotatable bonds is 11. The number of amides is 1. The summed E-state index contributed by atoms with van der Waals surface area (Å²) in [6, 6.07) is 16.7. The zero-order valence-corrected chi connectivity index (χ0v) is 20.7. The quantitative estimate of drug-likeness (QED) is 0.318. The third kappa shape index (κ3) is 5.83. The average molecular weight is 492 g/mol. The van der Waals surface area contributed by atoms with Crippen molar-refractivity contribution in [2.24, 2.45) is 0 Å². The molecule has 0 aliphatic heterocycles. The third-order valence-corrected chi connectivity index (χ3v) is 5.47. The highest BCUT2D eigenvalue weighted by Crippen LogP contribution is 2.31. The molecule has 1 N–H and O–H groups in total. The van der Waals surface area contributed by atoms with Gasteiger partial charge in [0.1, 0.15) is 12.4 Å². The second-order valence-corrected chi connectivity index (χ2v) is 8.25. The normalized spacial score (nSPS) is 10.9. The molecule has 2 aromatic carbocycles. The van der Waals surface area contributed by atoms with E-state index in [4.69, 9.17) is 18.9 Å². The van der Waals surface area contributed by atoms with Crippen molar-refractivity contribution in [1.82, 2.24) is 25.1 Å². The number of ether oxygens (including phenoxy) is 4. The second-order valence-electron chi connectivity index (χ2n) is 8.25. The summed E-state index contributed by atoms with van der Waals surface area (Å²) < 4.78 is 23.5. The molecular weight excluding hydrogens is 462 g/mol. The smallest absolute Gasteiger partial charge is 0.258 e. The number of hydrogen-bond acceptors (Lipinski definition) is 8. The number of benzene rings is 2. The van der Waals surface area contributed by atoms with Crippen molar-refractivity contribution in [1.29, 1.82) is 0 Å². The second kappa shape index (κ2) is 11.4. The number of nitrogens with zero attached hydrogens (tertiary/aromatic N) is 4. The molecule has 4 rings (SSSR count). The minimum absolute atomic E-state index is 0.0688. The fourth-order valence-corrected chi connectivity index (χ4v) is 3.50. The van der Waals surface area contributed by atoms with Gasteiger partial charge in [0.2, 0.25) is 5.88 Å². The molecule has 2 heterocycles. The lowest BCUT2D eigenvalue weighted by Gasteiger charge is -2.10.